The fourth-order valence-electron chi connectivity index (χ4n) is 4.11. The van der Waals surface area contributed by atoms with Gasteiger partial charge >= 0.3 is 6.09 Å². The summed E-state index contributed by atoms with van der Waals surface area (Å²) in [6.45, 7) is 9.59. The van der Waals surface area contributed by atoms with Gasteiger partial charge in [0.1, 0.15) is 12.6 Å². The van der Waals surface area contributed by atoms with E-state index in [9.17, 15) is 23.1 Å². The van der Waals surface area contributed by atoms with Gasteiger partial charge in [-0.2, -0.15) is 4.31 Å². The van der Waals surface area contributed by atoms with Gasteiger partial charge in [0.05, 0.1) is 18.4 Å². The van der Waals surface area contributed by atoms with Gasteiger partial charge in [0.2, 0.25) is 15.9 Å². The highest BCUT2D eigenvalue weighted by atomic mass is 32.2. The van der Waals surface area contributed by atoms with Crippen LogP contribution in [0.3, 0.4) is 0 Å². The summed E-state index contributed by atoms with van der Waals surface area (Å²) in [5.41, 5.74) is 0.990. The molecule has 3 N–H and O–H groups in total. The van der Waals surface area contributed by atoms with Crippen LogP contribution < -0.4 is 10.6 Å². The first-order valence-electron chi connectivity index (χ1n) is 13.6. The molecule has 0 fully saturated rings. The van der Waals surface area contributed by atoms with Crippen LogP contribution in [0, 0.1) is 11.3 Å². The lowest BCUT2D eigenvalue weighted by atomic mass is 9.85. The third-order valence-electron chi connectivity index (χ3n) is 6.51. The highest BCUT2D eigenvalue weighted by molar-refractivity contribution is 7.88. The van der Waals surface area contributed by atoms with Crippen molar-refractivity contribution in [1.82, 2.24) is 14.9 Å². The van der Waals surface area contributed by atoms with Crippen molar-refractivity contribution in [3.8, 4) is 0 Å². The molecule has 3 atom stereocenters. The van der Waals surface area contributed by atoms with Crippen molar-refractivity contribution in [2.75, 3.05) is 19.3 Å². The van der Waals surface area contributed by atoms with Crippen molar-refractivity contribution in [1.29, 1.82) is 0 Å². The first-order valence-corrected chi connectivity index (χ1v) is 15.5. The monoisotopic (exact) mass is 575 g/mol. The minimum Gasteiger partial charge on any atom is -0.445 e. The first-order chi connectivity index (χ1) is 18.7. The number of carbonyl (C=O) groups is 2. The Labute approximate surface area is 239 Å². The molecule has 9 nitrogen and oxygen atoms in total. The second kappa shape index (κ2) is 15.2. The van der Waals surface area contributed by atoms with Crippen LogP contribution in [0.15, 0.2) is 60.7 Å². The number of hydrogen-bond donors (Lipinski definition) is 3. The molecular formula is C30H45N3O6S. The summed E-state index contributed by atoms with van der Waals surface area (Å²) in [5.74, 6) is -0.223. The lowest BCUT2D eigenvalue weighted by molar-refractivity contribution is -0.127. The van der Waals surface area contributed by atoms with Crippen molar-refractivity contribution in [2.45, 2.75) is 72.3 Å². The number of aliphatic hydroxyl groups is 1. The van der Waals surface area contributed by atoms with E-state index < -0.39 is 45.6 Å². The number of carbonyl (C=O) groups excluding carboxylic acids is 2. The van der Waals surface area contributed by atoms with E-state index in [0.717, 1.165) is 17.4 Å². The van der Waals surface area contributed by atoms with E-state index >= 15 is 0 Å². The molecule has 2 aromatic rings. The SMILES string of the molecule is CC(C)CCN(C[C@@H](O)C(Cc1ccccc1)NC(=O)[C@@H](NC(=O)OCc1ccccc1)C(C)(C)C)S(C)(=O)=O. The number of aliphatic hydroxyl groups excluding tert-OH is 1. The van der Waals surface area contributed by atoms with E-state index in [4.69, 9.17) is 4.74 Å². The normalized spacial score (nSPS) is 14.4. The Kier molecular flexibility index (Phi) is 12.6. The molecule has 0 aliphatic rings. The van der Waals surface area contributed by atoms with Crippen LogP contribution in [-0.4, -0.2) is 67.4 Å². The van der Waals surface area contributed by atoms with E-state index in [0.29, 0.717) is 6.42 Å². The van der Waals surface area contributed by atoms with Crippen LogP contribution in [0.25, 0.3) is 0 Å². The Morgan fingerprint density at radius 2 is 1.50 bits per heavy atom. The van der Waals surface area contributed by atoms with Crippen molar-refractivity contribution in [3.63, 3.8) is 0 Å². The highest BCUT2D eigenvalue weighted by Crippen LogP contribution is 2.21. The predicted octanol–water partition coefficient (Wildman–Crippen LogP) is 3.72. The first kappa shape index (κ1) is 33.3. The molecule has 0 aliphatic carbocycles. The standard InChI is InChI=1S/C30H45N3O6S/c1-22(2)17-18-33(40(6,37)38)20-26(34)25(19-23-13-9-7-10-14-23)31-28(35)27(30(3,4)5)32-29(36)39-21-24-15-11-8-12-16-24/h7-16,22,25-27,34H,17-21H2,1-6H3,(H,31,35)(H,32,36)/t25?,26-,27-/m1/s1. The van der Waals surface area contributed by atoms with Crippen LogP contribution in [0.1, 0.15) is 52.2 Å². The van der Waals surface area contributed by atoms with Gasteiger partial charge in [0.15, 0.2) is 0 Å². The lowest BCUT2D eigenvalue weighted by Crippen LogP contribution is -2.58. The molecule has 1 unspecified atom stereocenters. The largest absolute Gasteiger partial charge is 0.445 e. The number of sulfonamides is 1. The highest BCUT2D eigenvalue weighted by Gasteiger charge is 2.36. The van der Waals surface area contributed by atoms with Crippen LogP contribution in [0.2, 0.25) is 0 Å². The molecule has 0 aliphatic heterocycles. The van der Waals surface area contributed by atoms with E-state index in [-0.39, 0.29) is 32.0 Å². The van der Waals surface area contributed by atoms with Gasteiger partial charge in [-0.1, -0.05) is 95.3 Å². The number of hydrogen-bond acceptors (Lipinski definition) is 6. The van der Waals surface area contributed by atoms with Gasteiger partial charge in [-0.3, -0.25) is 4.79 Å². The molecule has 0 saturated carbocycles. The molecule has 40 heavy (non-hydrogen) atoms. The minimum absolute atomic E-state index is 0.0538. The van der Waals surface area contributed by atoms with Crippen LogP contribution in [-0.2, 0) is 32.6 Å². The Bertz CT molecular complexity index is 1170. The van der Waals surface area contributed by atoms with Crippen LogP contribution in [0.5, 0.6) is 0 Å². The molecule has 0 heterocycles. The maximum atomic E-state index is 13.6. The number of rotatable bonds is 14. The number of benzene rings is 2. The molecule has 0 aromatic heterocycles. The van der Waals surface area contributed by atoms with Gasteiger partial charge in [-0.15, -0.1) is 0 Å². The van der Waals surface area contributed by atoms with E-state index in [2.05, 4.69) is 10.6 Å². The summed E-state index contributed by atoms with van der Waals surface area (Å²) in [6.07, 6.45) is 0.0834. The van der Waals surface area contributed by atoms with Gasteiger partial charge in [-0.25, -0.2) is 13.2 Å². The van der Waals surface area contributed by atoms with Crippen molar-refractivity contribution >= 4 is 22.0 Å². The molecule has 0 saturated heterocycles. The molecule has 0 spiro atoms. The summed E-state index contributed by atoms with van der Waals surface area (Å²) in [7, 11) is -3.59. The van der Waals surface area contributed by atoms with Crippen molar-refractivity contribution < 1.29 is 27.9 Å². The maximum absolute atomic E-state index is 13.6. The summed E-state index contributed by atoms with van der Waals surface area (Å²) >= 11 is 0. The van der Waals surface area contributed by atoms with E-state index in [1.165, 1.54) is 4.31 Å². The van der Waals surface area contributed by atoms with Crippen molar-refractivity contribution in [2.24, 2.45) is 11.3 Å². The van der Waals surface area contributed by atoms with Crippen LogP contribution in [0.4, 0.5) is 4.79 Å². The maximum Gasteiger partial charge on any atom is 0.408 e. The lowest BCUT2D eigenvalue weighted by Gasteiger charge is -2.34. The van der Waals surface area contributed by atoms with Gasteiger partial charge in [0, 0.05) is 13.1 Å². The van der Waals surface area contributed by atoms with E-state index in [1.54, 1.807) is 0 Å². The second-order valence-electron chi connectivity index (χ2n) is 11.7. The molecular weight excluding hydrogens is 530 g/mol. The van der Waals surface area contributed by atoms with Gasteiger partial charge < -0.3 is 20.5 Å². The van der Waals surface area contributed by atoms with Crippen molar-refractivity contribution in [3.05, 3.63) is 71.8 Å². The topological polar surface area (TPSA) is 125 Å². The Balaban J connectivity index is 2.21. The molecule has 0 radical (unpaired) electrons. The number of nitrogens with zero attached hydrogens (tertiary/aromatic N) is 1. The molecule has 0 bridgehead atoms. The fraction of sp³-hybridized carbons (Fsp3) is 0.533. The molecule has 2 rings (SSSR count). The summed E-state index contributed by atoms with van der Waals surface area (Å²) in [4.78, 5) is 26.2. The number of amides is 2. The predicted molar refractivity (Wildman–Crippen MR) is 157 cm³/mol. The zero-order valence-electron chi connectivity index (χ0n) is 24.5. The van der Waals surface area contributed by atoms with E-state index in [1.807, 2.05) is 95.3 Å². The summed E-state index contributed by atoms with van der Waals surface area (Å²) in [5, 5.41) is 16.8. The molecule has 2 aromatic carbocycles. The zero-order chi connectivity index (χ0) is 29.9. The Morgan fingerprint density at radius 3 is 2.00 bits per heavy atom. The van der Waals surface area contributed by atoms with Gasteiger partial charge in [-0.05, 0) is 35.3 Å². The average molecular weight is 576 g/mol. The zero-order valence-corrected chi connectivity index (χ0v) is 25.3. The molecule has 2 amide bonds. The Morgan fingerprint density at radius 1 is 0.950 bits per heavy atom. The average Bonchev–Trinajstić information content (AvgIpc) is 2.87. The number of alkyl carbamates (subject to hydrolysis) is 1. The van der Waals surface area contributed by atoms with Gasteiger partial charge in [0.25, 0.3) is 0 Å². The second-order valence-corrected chi connectivity index (χ2v) is 13.7. The smallest absolute Gasteiger partial charge is 0.408 e. The third-order valence-corrected chi connectivity index (χ3v) is 7.78. The van der Waals surface area contributed by atoms with Crippen LogP contribution >= 0.6 is 0 Å². The molecule has 222 valence electrons. The summed E-state index contributed by atoms with van der Waals surface area (Å²) < 4.78 is 31.5. The molecule has 10 heteroatoms. The summed E-state index contributed by atoms with van der Waals surface area (Å²) in [6, 6.07) is 16.7. The quantitative estimate of drug-likeness (QED) is 0.315. The number of ether oxygens (including phenoxy) is 1. The number of nitrogens with one attached hydrogen (secondary N) is 2. The Hall–Kier alpha value is -2.95. The minimum atomic E-state index is -3.59. The third kappa shape index (κ3) is 11.7. The fourth-order valence-corrected chi connectivity index (χ4v) is 4.97.